The number of nitrogens with zero attached hydrogens (tertiary/aromatic N) is 4. The van der Waals surface area contributed by atoms with Gasteiger partial charge in [-0.05, 0) is 39.3 Å². The van der Waals surface area contributed by atoms with Crippen LogP contribution in [0.1, 0.15) is 44.1 Å². The van der Waals surface area contributed by atoms with Gasteiger partial charge in [0.2, 0.25) is 11.8 Å². The van der Waals surface area contributed by atoms with E-state index in [4.69, 9.17) is 0 Å². The van der Waals surface area contributed by atoms with Crippen molar-refractivity contribution in [1.82, 2.24) is 19.7 Å². The van der Waals surface area contributed by atoms with Crippen LogP contribution in [0.4, 0.5) is 0 Å². The van der Waals surface area contributed by atoms with Crippen LogP contribution in [-0.2, 0) is 9.59 Å². The van der Waals surface area contributed by atoms with E-state index in [2.05, 4.69) is 4.98 Å². The van der Waals surface area contributed by atoms with E-state index in [0.717, 1.165) is 6.42 Å². The highest BCUT2D eigenvalue weighted by atomic mass is 16.2. The highest BCUT2D eigenvalue weighted by molar-refractivity contribution is 5.92. The Morgan fingerprint density at radius 2 is 1.78 bits per heavy atom. The lowest BCUT2D eigenvalue weighted by Gasteiger charge is -2.32. The van der Waals surface area contributed by atoms with Gasteiger partial charge in [-0.2, -0.15) is 0 Å². The summed E-state index contributed by atoms with van der Waals surface area (Å²) >= 11 is 0. The van der Waals surface area contributed by atoms with Crippen molar-refractivity contribution in [1.29, 1.82) is 0 Å². The predicted octanol–water partition coefficient (Wildman–Crippen LogP) is 1.40. The molecule has 7 heteroatoms. The van der Waals surface area contributed by atoms with Crippen LogP contribution >= 0.6 is 0 Å². The molecule has 0 radical (unpaired) electrons. The third kappa shape index (κ3) is 4.28. The first-order chi connectivity index (χ1) is 12.8. The van der Waals surface area contributed by atoms with Crippen LogP contribution in [0.2, 0.25) is 0 Å². The maximum absolute atomic E-state index is 12.9. The second-order valence-corrected chi connectivity index (χ2v) is 8.26. The quantitative estimate of drug-likeness (QED) is 0.787. The minimum Gasteiger partial charge on any atom is -0.341 e. The van der Waals surface area contributed by atoms with Gasteiger partial charge in [0.25, 0.3) is 5.91 Å². The van der Waals surface area contributed by atoms with Gasteiger partial charge in [0.15, 0.2) is 0 Å². The zero-order valence-corrected chi connectivity index (χ0v) is 16.4. The molecule has 0 spiro atoms. The number of hydrogen-bond acceptors (Lipinski definition) is 4. The number of carbonyl (C=O) groups excluding carboxylic acids is 3. The molecule has 7 nitrogen and oxygen atoms in total. The molecule has 0 N–H and O–H groups in total. The maximum atomic E-state index is 12.9. The monoisotopic (exact) mass is 372 g/mol. The van der Waals surface area contributed by atoms with Crippen LogP contribution in [-0.4, -0.2) is 75.7 Å². The highest BCUT2D eigenvalue weighted by Gasteiger charge is 2.41. The highest BCUT2D eigenvalue weighted by Crippen LogP contribution is 2.27. The fourth-order valence-corrected chi connectivity index (χ4v) is 3.77. The van der Waals surface area contributed by atoms with Gasteiger partial charge in [-0.25, -0.2) is 0 Å². The second kappa shape index (κ2) is 7.66. The fourth-order valence-electron chi connectivity index (χ4n) is 3.77. The first-order valence-corrected chi connectivity index (χ1v) is 9.57. The molecule has 1 unspecified atom stereocenters. The minimum atomic E-state index is -0.283. The summed E-state index contributed by atoms with van der Waals surface area (Å²) in [6.45, 7) is 8.67. The molecule has 146 valence electrons. The van der Waals surface area contributed by atoms with E-state index in [0.29, 0.717) is 38.4 Å². The first kappa shape index (κ1) is 19.3. The molecule has 2 aliphatic rings. The van der Waals surface area contributed by atoms with Crippen LogP contribution in [0.5, 0.6) is 0 Å². The average molecular weight is 372 g/mol. The lowest BCUT2D eigenvalue weighted by molar-refractivity contribution is -0.135. The molecule has 0 saturated carbocycles. The van der Waals surface area contributed by atoms with Crippen LogP contribution in [0.25, 0.3) is 0 Å². The Kier molecular flexibility index (Phi) is 5.48. The normalized spacial score (nSPS) is 21.4. The van der Waals surface area contributed by atoms with Gasteiger partial charge in [-0.1, -0.05) is 6.07 Å². The van der Waals surface area contributed by atoms with Gasteiger partial charge in [-0.15, -0.1) is 0 Å². The van der Waals surface area contributed by atoms with Crippen LogP contribution in [0, 0.1) is 5.92 Å². The van der Waals surface area contributed by atoms with E-state index in [9.17, 15) is 14.4 Å². The Balaban J connectivity index is 1.60. The van der Waals surface area contributed by atoms with Crippen LogP contribution in [0.3, 0.4) is 0 Å². The van der Waals surface area contributed by atoms with Crippen molar-refractivity contribution in [2.45, 2.75) is 39.2 Å². The molecule has 2 saturated heterocycles. The van der Waals surface area contributed by atoms with Crippen molar-refractivity contribution in [2.24, 2.45) is 5.92 Å². The molecule has 3 amide bonds. The molecule has 0 bridgehead atoms. The summed E-state index contributed by atoms with van der Waals surface area (Å²) in [4.78, 5) is 47.3. The number of carbonyl (C=O) groups is 3. The predicted molar refractivity (Wildman–Crippen MR) is 101 cm³/mol. The molecule has 27 heavy (non-hydrogen) atoms. The minimum absolute atomic E-state index is 0.0298. The Morgan fingerprint density at radius 3 is 2.41 bits per heavy atom. The molecule has 0 aromatic carbocycles. The van der Waals surface area contributed by atoms with E-state index in [1.807, 2.05) is 25.7 Å². The van der Waals surface area contributed by atoms with E-state index in [-0.39, 0.29) is 35.6 Å². The summed E-state index contributed by atoms with van der Waals surface area (Å²) in [5.74, 6) is -0.306. The van der Waals surface area contributed by atoms with E-state index >= 15 is 0 Å². The third-order valence-electron chi connectivity index (χ3n) is 5.26. The molecule has 3 rings (SSSR count). The van der Waals surface area contributed by atoms with Gasteiger partial charge in [0, 0.05) is 50.9 Å². The van der Waals surface area contributed by atoms with Gasteiger partial charge in [0.1, 0.15) is 5.69 Å². The number of likely N-dealkylation sites (tertiary alicyclic amines) is 1. The van der Waals surface area contributed by atoms with Crippen molar-refractivity contribution in [3.63, 3.8) is 0 Å². The molecule has 1 aromatic rings. The molecule has 3 heterocycles. The van der Waals surface area contributed by atoms with Crippen molar-refractivity contribution >= 4 is 17.7 Å². The first-order valence-electron chi connectivity index (χ1n) is 9.57. The van der Waals surface area contributed by atoms with Crippen molar-refractivity contribution < 1.29 is 14.4 Å². The summed E-state index contributed by atoms with van der Waals surface area (Å²) in [6.07, 6.45) is 2.62. The molecular formula is C20H28N4O3. The second-order valence-electron chi connectivity index (χ2n) is 8.26. The van der Waals surface area contributed by atoms with Crippen molar-refractivity contribution in [3.8, 4) is 0 Å². The number of rotatable bonds is 2. The van der Waals surface area contributed by atoms with Gasteiger partial charge in [0.05, 0.1) is 5.92 Å². The smallest absolute Gasteiger partial charge is 0.272 e. The Hall–Kier alpha value is -2.44. The summed E-state index contributed by atoms with van der Waals surface area (Å²) in [5.41, 5.74) is 0.163. The maximum Gasteiger partial charge on any atom is 0.272 e. The van der Waals surface area contributed by atoms with Gasteiger partial charge in [-0.3, -0.25) is 19.4 Å². The molecule has 0 aliphatic carbocycles. The zero-order valence-electron chi connectivity index (χ0n) is 16.4. The number of aromatic nitrogens is 1. The Morgan fingerprint density at radius 1 is 1.07 bits per heavy atom. The standard InChI is InChI=1S/C20H28N4O3/c1-20(2,3)24-14-15(13-17(24)25)18(26)22-9-6-10-23(12-11-22)19(27)16-7-4-5-8-21-16/h4-5,7-8,15H,6,9-14H2,1-3H3. The molecule has 1 atom stereocenters. The van der Waals surface area contributed by atoms with E-state index in [1.54, 1.807) is 34.2 Å². The SMILES string of the molecule is CC(C)(C)N1CC(C(=O)N2CCCN(C(=O)c3ccccn3)CC2)CC1=O. The van der Waals surface area contributed by atoms with Gasteiger partial charge >= 0.3 is 0 Å². The number of hydrogen-bond donors (Lipinski definition) is 0. The van der Waals surface area contributed by atoms with Crippen molar-refractivity contribution in [2.75, 3.05) is 32.7 Å². The molecular weight excluding hydrogens is 344 g/mol. The lowest BCUT2D eigenvalue weighted by Crippen LogP contribution is -2.44. The third-order valence-corrected chi connectivity index (χ3v) is 5.26. The van der Waals surface area contributed by atoms with E-state index < -0.39 is 0 Å². The number of pyridine rings is 1. The van der Waals surface area contributed by atoms with Gasteiger partial charge < -0.3 is 14.7 Å². The zero-order chi connectivity index (χ0) is 19.6. The largest absolute Gasteiger partial charge is 0.341 e. The topological polar surface area (TPSA) is 73.8 Å². The number of amides is 3. The summed E-state index contributed by atoms with van der Waals surface area (Å²) in [5, 5.41) is 0. The van der Waals surface area contributed by atoms with Crippen LogP contribution < -0.4 is 0 Å². The Labute approximate surface area is 160 Å². The van der Waals surface area contributed by atoms with Crippen LogP contribution in [0.15, 0.2) is 24.4 Å². The van der Waals surface area contributed by atoms with E-state index in [1.165, 1.54) is 0 Å². The summed E-state index contributed by atoms with van der Waals surface area (Å²) in [7, 11) is 0. The average Bonchev–Trinajstić information content (AvgIpc) is 2.88. The van der Waals surface area contributed by atoms with Crippen molar-refractivity contribution in [3.05, 3.63) is 30.1 Å². The lowest BCUT2D eigenvalue weighted by atomic mass is 10.1. The Bertz CT molecular complexity index is 714. The fraction of sp³-hybridized carbons (Fsp3) is 0.600. The summed E-state index contributed by atoms with van der Waals surface area (Å²) < 4.78 is 0. The molecule has 2 fully saturated rings. The molecule has 2 aliphatic heterocycles. The molecule has 1 aromatic heterocycles. The summed E-state index contributed by atoms with van der Waals surface area (Å²) in [6, 6.07) is 5.29.